The fraction of sp³-hybridized carbons (Fsp3) is 0. The molecule has 0 saturated carbocycles. The summed E-state index contributed by atoms with van der Waals surface area (Å²) in [5, 5.41) is 0. The van der Waals surface area contributed by atoms with E-state index >= 15 is 0 Å². The van der Waals surface area contributed by atoms with E-state index in [0.29, 0.717) is 0 Å². The summed E-state index contributed by atoms with van der Waals surface area (Å²) < 4.78 is 180. The van der Waals surface area contributed by atoms with E-state index in [-0.39, 0.29) is 72.4 Å². The summed E-state index contributed by atoms with van der Waals surface area (Å²) in [6.07, 6.45) is 0. The third-order valence-corrected chi connectivity index (χ3v) is 0. The van der Waals surface area contributed by atoms with E-state index in [1.54, 1.807) is 0 Å². The predicted octanol–water partition coefficient (Wildman–Crippen LogP) is -13.0. The van der Waals surface area contributed by atoms with Gasteiger partial charge in [-0.15, -0.1) is 0 Å². The van der Waals surface area contributed by atoms with Crippen molar-refractivity contribution >= 4 is 0 Å². The minimum absolute atomic E-state index is 0. The van der Waals surface area contributed by atoms with Gasteiger partial charge >= 0.3 is 260 Å². The van der Waals surface area contributed by atoms with Gasteiger partial charge in [-0.3, -0.25) is 0 Å². The summed E-state index contributed by atoms with van der Waals surface area (Å²) in [5.41, 5.74) is 0. The van der Waals surface area contributed by atoms with Gasteiger partial charge < -0.3 is 0 Å². The van der Waals surface area contributed by atoms with E-state index in [9.17, 15) is 0 Å². The normalized spacial score (nSPS) is 5.83. The average molecular weight is 916 g/mol. The SMILES string of the molecule is [K+].[O]=[V](=[O])[O-].[O]=[V](=[O])[O-].[O]=[V](=[O])[O-].[O]=[V](=[O])[O-].[O]=[V](=[O])[O-].[O]=[V](=[O])[O-].[O]=[V](=[O])[O-].[W+6]. The molecule has 0 aromatic carbocycles. The van der Waals surface area contributed by atoms with Crippen LogP contribution in [0.3, 0.4) is 0 Å². The zero-order chi connectivity index (χ0) is 25.0. The van der Waals surface area contributed by atoms with Gasteiger partial charge in [0, 0.05) is 0 Å². The molecule has 0 saturated heterocycles. The Morgan fingerprint density at radius 1 is 0.267 bits per heavy atom. The van der Waals surface area contributed by atoms with Gasteiger partial charge in [0.1, 0.15) is 0 Å². The molecule has 0 bridgehead atoms. The van der Waals surface area contributed by atoms with E-state index in [2.05, 4.69) is 0 Å². The summed E-state index contributed by atoms with van der Waals surface area (Å²) in [6, 6.07) is 0. The van der Waals surface area contributed by atoms with Crippen LogP contribution in [0.25, 0.3) is 0 Å². The van der Waals surface area contributed by atoms with E-state index in [0.717, 1.165) is 0 Å². The van der Waals surface area contributed by atoms with Crippen LogP contribution in [0.5, 0.6) is 0 Å². The molecule has 21 nitrogen and oxygen atoms in total. The van der Waals surface area contributed by atoms with Crippen LogP contribution in [-0.4, -0.2) is 0 Å². The summed E-state index contributed by atoms with van der Waals surface area (Å²) in [4.78, 5) is 0. The molecule has 0 aliphatic rings. The van der Waals surface area contributed by atoms with Crippen molar-refractivity contribution in [3.63, 3.8) is 0 Å². The first kappa shape index (κ1) is 58.9. The van der Waals surface area contributed by atoms with Gasteiger partial charge in [-0.25, -0.2) is 0 Å². The molecule has 0 spiro atoms. The minimum atomic E-state index is -3.94. The van der Waals surface area contributed by atoms with Crippen LogP contribution in [0.2, 0.25) is 0 Å². The van der Waals surface area contributed by atoms with E-state index in [1.807, 2.05) is 0 Å². The second kappa shape index (κ2) is 53.6. The van der Waals surface area contributed by atoms with Crippen molar-refractivity contribution < 1.29 is 260 Å². The molecule has 0 N–H and O–H groups in total. The fourth-order valence-electron chi connectivity index (χ4n) is 0. The molecule has 0 aliphatic carbocycles. The third kappa shape index (κ3) is 2590. The van der Waals surface area contributed by atoms with Crippen LogP contribution in [-0.2, 0) is 180 Å². The molecule has 30 heteroatoms. The van der Waals surface area contributed by atoms with Crippen LogP contribution in [0, 0.1) is 0 Å². The van der Waals surface area contributed by atoms with E-state index in [1.165, 1.54) is 0 Å². The van der Waals surface area contributed by atoms with Crippen molar-refractivity contribution in [1.82, 2.24) is 0 Å². The Morgan fingerprint density at radius 2 is 0.267 bits per heavy atom. The number of hydrogen-bond acceptors (Lipinski definition) is 21. The Kier molecular flexibility index (Phi) is 105. The Morgan fingerprint density at radius 3 is 0.267 bits per heavy atom. The topological polar surface area (TPSA) is 400 Å². The van der Waals surface area contributed by atoms with Gasteiger partial charge in [0.05, 0.1) is 0 Å². The summed E-state index contributed by atoms with van der Waals surface area (Å²) in [6.45, 7) is 0. The smallest absolute Gasteiger partial charge is 6.00 e. The average Bonchev–Trinajstić information content (AvgIpc) is 2.20. The van der Waals surface area contributed by atoms with Gasteiger partial charge in [-0.1, -0.05) is 0 Å². The summed E-state index contributed by atoms with van der Waals surface area (Å²) >= 11 is -27.6. The summed E-state index contributed by atoms with van der Waals surface area (Å²) in [7, 11) is 0. The van der Waals surface area contributed by atoms with Crippen LogP contribution in [0.4, 0.5) is 0 Å². The third-order valence-electron chi connectivity index (χ3n) is 0. The molecule has 0 atom stereocenters. The van der Waals surface area contributed by atoms with Crippen molar-refractivity contribution in [1.29, 1.82) is 0 Å². The fourth-order valence-corrected chi connectivity index (χ4v) is 0. The number of rotatable bonds is 0. The molecule has 168 valence electrons. The maximum absolute atomic E-state index is 8.56. The van der Waals surface area contributed by atoms with Crippen molar-refractivity contribution in [2.45, 2.75) is 0 Å². The number of hydrogen-bond donors (Lipinski definition) is 0. The maximum atomic E-state index is 8.56. The predicted molar refractivity (Wildman–Crippen MR) is 9.61 cm³/mol. The zero-order valence-corrected chi connectivity index (χ0v) is 28.9. The molecular formula is KO21V7W. The zero-order valence-electron chi connectivity index (χ0n) is 13.1. The van der Waals surface area contributed by atoms with E-state index in [4.69, 9.17) is 79.7 Å². The van der Waals surface area contributed by atoms with Crippen molar-refractivity contribution in [3.8, 4) is 0 Å². The second-order valence-electron chi connectivity index (χ2n) is 1.57. The van der Waals surface area contributed by atoms with E-state index < -0.39 is 108 Å². The Hall–Kier alpha value is 3.34. The maximum Gasteiger partial charge on any atom is 6.00 e. The Balaban J connectivity index is -0.0000000242. The molecule has 30 heavy (non-hydrogen) atoms. The Bertz CT molecular complexity index is 571. The van der Waals surface area contributed by atoms with Crippen LogP contribution >= 0.6 is 0 Å². The molecule has 0 aromatic heterocycles. The van der Waals surface area contributed by atoms with Crippen molar-refractivity contribution in [3.05, 3.63) is 0 Å². The monoisotopic (exact) mass is 915 g/mol. The second-order valence-corrected chi connectivity index (χ2v) is 6.45. The first-order valence-electron chi connectivity index (χ1n) is 3.83. The molecular weight excluding hydrogens is 916 g/mol. The largest absolute Gasteiger partial charge is 6.00 e. The van der Waals surface area contributed by atoms with Crippen molar-refractivity contribution in [2.24, 2.45) is 0 Å². The molecule has 0 unspecified atom stereocenters. The summed E-state index contributed by atoms with van der Waals surface area (Å²) in [5.74, 6) is 0. The molecule has 0 aromatic rings. The van der Waals surface area contributed by atoms with Gasteiger partial charge in [-0.05, 0) is 0 Å². The first-order valence-corrected chi connectivity index (χ1v) is 15.8. The molecule has 0 aliphatic heterocycles. The standard InChI is InChI=1S/K.21O.7V.W/q+1;;;;;;;;;;;;;;;7*-1;;;;;;;;+6. The molecule has 0 amide bonds. The van der Waals surface area contributed by atoms with Crippen LogP contribution in [0.15, 0.2) is 0 Å². The molecule has 0 fully saturated rings. The van der Waals surface area contributed by atoms with Gasteiger partial charge in [0.2, 0.25) is 0 Å². The molecule has 0 heterocycles. The van der Waals surface area contributed by atoms with Gasteiger partial charge in [-0.2, -0.15) is 0 Å². The molecule has 0 radical (unpaired) electrons. The van der Waals surface area contributed by atoms with Crippen molar-refractivity contribution in [2.75, 3.05) is 0 Å². The van der Waals surface area contributed by atoms with Gasteiger partial charge in [0.25, 0.3) is 0 Å². The van der Waals surface area contributed by atoms with Crippen LogP contribution < -0.4 is 79.6 Å². The first-order chi connectivity index (χ1) is 12.1. The quantitative estimate of drug-likeness (QED) is 0.204. The van der Waals surface area contributed by atoms with Gasteiger partial charge in [0.15, 0.2) is 0 Å². The Labute approximate surface area is 254 Å². The van der Waals surface area contributed by atoms with Crippen LogP contribution in [0.1, 0.15) is 0 Å². The molecule has 0 rings (SSSR count). The minimum Gasteiger partial charge on any atom is 6.00 e.